The Morgan fingerprint density at radius 3 is 2.32 bits per heavy atom. The maximum absolute atomic E-state index is 4.49. The molecule has 1 nitrogen and oxygen atoms in total. The smallest absolute Gasteiger partial charge is 0.0696 e. The van der Waals surface area contributed by atoms with E-state index < -0.39 is 0 Å². The maximum atomic E-state index is 4.49. The molecule has 0 atom stereocenters. The highest BCUT2D eigenvalue weighted by Gasteiger charge is 1.96. The van der Waals surface area contributed by atoms with Gasteiger partial charge >= 0.3 is 0 Å². The lowest BCUT2D eigenvalue weighted by Crippen LogP contribution is -2.21. The minimum Gasteiger partial charge on any atom is -0.256 e. The molecule has 1 aromatic heterocycles. The van der Waals surface area contributed by atoms with E-state index >= 15 is 0 Å². The van der Waals surface area contributed by atoms with Gasteiger partial charge in [-0.2, -0.15) is 0 Å². The second-order valence-corrected chi connectivity index (χ2v) is 5.85. The lowest BCUT2D eigenvalue weighted by Gasteiger charge is -2.00. The zero-order chi connectivity index (χ0) is 20.8. The van der Waals surface area contributed by atoms with Gasteiger partial charge in [-0.15, -0.1) is 0 Å². The van der Waals surface area contributed by atoms with E-state index in [1.807, 2.05) is 82.5 Å². The molecular formula is C27H31N. The molecule has 1 heteroatoms. The Labute approximate surface area is 170 Å². The molecule has 0 saturated carbocycles. The topological polar surface area (TPSA) is 12.9 Å². The first kappa shape index (κ1) is 22.9. The number of nitrogens with zero attached hydrogens (tertiary/aromatic N) is 1. The average molecular weight is 370 g/mol. The third kappa shape index (κ3) is 7.59. The fraction of sp³-hybridized carbons (Fsp3) is 0.148. The summed E-state index contributed by atoms with van der Waals surface area (Å²) in [4.78, 5) is 4.49. The van der Waals surface area contributed by atoms with Crippen LogP contribution in [0.3, 0.4) is 0 Å². The van der Waals surface area contributed by atoms with Crippen molar-refractivity contribution in [2.45, 2.75) is 27.7 Å². The molecule has 0 aliphatic heterocycles. The van der Waals surface area contributed by atoms with Crippen LogP contribution in [-0.4, -0.2) is 4.98 Å². The normalized spacial score (nSPS) is 12.6. The van der Waals surface area contributed by atoms with Gasteiger partial charge < -0.3 is 0 Å². The SMILES string of the molecule is C=C(/C=C\C=C/C)c1ccc(/C=C/C(=C/C)/C=c2/ccccc2=C)cn1.CC. The summed E-state index contributed by atoms with van der Waals surface area (Å²) in [5.74, 6) is 0. The summed E-state index contributed by atoms with van der Waals surface area (Å²) in [6, 6.07) is 12.2. The molecule has 144 valence electrons. The van der Waals surface area contributed by atoms with Gasteiger partial charge in [-0.25, -0.2) is 0 Å². The number of pyridine rings is 1. The van der Waals surface area contributed by atoms with Gasteiger partial charge in [0.25, 0.3) is 0 Å². The monoisotopic (exact) mass is 369 g/mol. The summed E-state index contributed by atoms with van der Waals surface area (Å²) in [6.07, 6.45) is 18.1. The van der Waals surface area contributed by atoms with E-state index in [-0.39, 0.29) is 0 Å². The highest BCUT2D eigenvalue weighted by atomic mass is 14.7. The highest BCUT2D eigenvalue weighted by molar-refractivity contribution is 5.70. The third-order valence-corrected chi connectivity index (χ3v) is 3.90. The van der Waals surface area contributed by atoms with Crippen LogP contribution >= 0.6 is 0 Å². The number of aromatic nitrogens is 1. The Bertz CT molecular complexity index is 968. The van der Waals surface area contributed by atoms with Crippen LogP contribution < -0.4 is 10.4 Å². The zero-order valence-corrected chi connectivity index (χ0v) is 17.5. The van der Waals surface area contributed by atoms with Crippen LogP contribution in [-0.2, 0) is 0 Å². The van der Waals surface area contributed by atoms with Crippen LogP contribution in [0.2, 0.25) is 0 Å². The molecule has 2 aromatic rings. The van der Waals surface area contributed by atoms with E-state index in [1.54, 1.807) is 0 Å². The largest absolute Gasteiger partial charge is 0.256 e. The molecule has 0 aliphatic rings. The molecule has 1 aromatic carbocycles. The molecule has 0 saturated heterocycles. The van der Waals surface area contributed by atoms with Crippen molar-refractivity contribution in [3.05, 3.63) is 113 Å². The summed E-state index contributed by atoms with van der Waals surface area (Å²) in [6.45, 7) is 16.1. The van der Waals surface area contributed by atoms with Crippen molar-refractivity contribution >= 4 is 24.3 Å². The first-order valence-corrected chi connectivity index (χ1v) is 9.69. The molecule has 0 bridgehead atoms. The van der Waals surface area contributed by atoms with Gasteiger partial charge in [0.2, 0.25) is 0 Å². The highest BCUT2D eigenvalue weighted by Crippen LogP contribution is 2.13. The number of benzene rings is 1. The second-order valence-electron chi connectivity index (χ2n) is 5.85. The van der Waals surface area contributed by atoms with Crippen LogP contribution in [0.25, 0.3) is 24.3 Å². The Morgan fingerprint density at radius 2 is 1.71 bits per heavy atom. The summed E-state index contributed by atoms with van der Waals surface area (Å²) in [5, 5.41) is 2.15. The molecule has 0 amide bonds. The Kier molecular flexibility index (Phi) is 10.7. The van der Waals surface area contributed by atoms with Crippen molar-refractivity contribution in [3.8, 4) is 0 Å². The minimum absolute atomic E-state index is 0.881. The van der Waals surface area contributed by atoms with Gasteiger partial charge in [0.1, 0.15) is 0 Å². The molecule has 0 fully saturated rings. The van der Waals surface area contributed by atoms with Gasteiger partial charge in [-0.05, 0) is 53.1 Å². The van der Waals surface area contributed by atoms with Crippen molar-refractivity contribution in [2.24, 2.45) is 0 Å². The molecule has 0 aliphatic carbocycles. The van der Waals surface area contributed by atoms with E-state index in [1.165, 1.54) is 0 Å². The van der Waals surface area contributed by atoms with Gasteiger partial charge in [-0.1, -0.05) is 99.9 Å². The summed E-state index contributed by atoms with van der Waals surface area (Å²) in [5.41, 5.74) is 3.96. The van der Waals surface area contributed by atoms with Gasteiger partial charge in [0.15, 0.2) is 0 Å². The van der Waals surface area contributed by atoms with Crippen LogP contribution in [0.1, 0.15) is 39.0 Å². The summed E-state index contributed by atoms with van der Waals surface area (Å²) >= 11 is 0. The molecule has 2 rings (SSSR count). The predicted molar refractivity (Wildman–Crippen MR) is 127 cm³/mol. The first-order valence-electron chi connectivity index (χ1n) is 9.69. The lowest BCUT2D eigenvalue weighted by molar-refractivity contribution is 1.27. The molecule has 0 unspecified atom stereocenters. The van der Waals surface area contributed by atoms with Crippen LogP contribution in [0.5, 0.6) is 0 Å². The van der Waals surface area contributed by atoms with Crippen molar-refractivity contribution in [3.63, 3.8) is 0 Å². The predicted octanol–water partition coefficient (Wildman–Crippen LogP) is 6.10. The number of hydrogen-bond donors (Lipinski definition) is 0. The van der Waals surface area contributed by atoms with Crippen LogP contribution in [0.4, 0.5) is 0 Å². The van der Waals surface area contributed by atoms with Crippen molar-refractivity contribution in [1.82, 2.24) is 4.98 Å². The molecule has 0 radical (unpaired) electrons. The number of rotatable bonds is 6. The van der Waals surface area contributed by atoms with Gasteiger partial charge in [0.05, 0.1) is 5.69 Å². The van der Waals surface area contributed by atoms with Crippen molar-refractivity contribution in [1.29, 1.82) is 0 Å². The fourth-order valence-electron chi connectivity index (χ4n) is 2.34. The molecule has 1 heterocycles. The molecule has 0 N–H and O–H groups in total. The summed E-state index contributed by atoms with van der Waals surface area (Å²) < 4.78 is 0. The Morgan fingerprint density at radius 1 is 0.964 bits per heavy atom. The maximum Gasteiger partial charge on any atom is 0.0696 e. The number of hydrogen-bond acceptors (Lipinski definition) is 1. The number of allylic oxidation sites excluding steroid dienone is 8. The Balaban J connectivity index is 0.00000190. The Hall–Kier alpha value is -3.19. The minimum atomic E-state index is 0.881. The lowest BCUT2D eigenvalue weighted by atomic mass is 10.1. The third-order valence-electron chi connectivity index (χ3n) is 3.90. The second kappa shape index (κ2) is 13.1. The zero-order valence-electron chi connectivity index (χ0n) is 17.5. The van der Waals surface area contributed by atoms with Crippen molar-refractivity contribution in [2.75, 3.05) is 0 Å². The van der Waals surface area contributed by atoms with E-state index in [0.717, 1.165) is 32.8 Å². The van der Waals surface area contributed by atoms with E-state index in [0.29, 0.717) is 0 Å². The van der Waals surface area contributed by atoms with E-state index in [4.69, 9.17) is 0 Å². The molecule has 0 spiro atoms. The van der Waals surface area contributed by atoms with Gasteiger partial charge in [0, 0.05) is 6.20 Å². The standard InChI is InChI=1S/C25H25N.C2H6/c1-5-7-8-12-21(4)25-17-16-23(19-26-25)15-14-22(6-2)18-24-13-10-9-11-20(24)3;1-2/h5-19H,3-4H2,1-2H3;1-2H3/b7-5-,12-8-,15-14+,22-6-,24-18-;. The first-order chi connectivity index (χ1) is 13.6. The summed E-state index contributed by atoms with van der Waals surface area (Å²) in [7, 11) is 0. The van der Waals surface area contributed by atoms with Gasteiger partial charge in [-0.3, -0.25) is 4.98 Å². The molecule has 28 heavy (non-hydrogen) atoms. The van der Waals surface area contributed by atoms with E-state index in [2.05, 4.69) is 54.6 Å². The van der Waals surface area contributed by atoms with Crippen LogP contribution in [0.15, 0.2) is 91.2 Å². The van der Waals surface area contributed by atoms with Crippen LogP contribution in [0, 0.1) is 0 Å². The quantitative estimate of drug-likeness (QED) is 0.560. The van der Waals surface area contributed by atoms with Crippen molar-refractivity contribution < 1.29 is 0 Å². The fourth-order valence-corrected chi connectivity index (χ4v) is 2.34. The average Bonchev–Trinajstić information content (AvgIpc) is 2.74. The van der Waals surface area contributed by atoms with E-state index in [9.17, 15) is 0 Å². The molecular weight excluding hydrogens is 338 g/mol.